The fraction of sp³-hybridized carbons (Fsp3) is 0.933. The maximum absolute atomic E-state index is 11.8. The summed E-state index contributed by atoms with van der Waals surface area (Å²) in [5.74, 6) is -0.259. The first-order valence-corrected chi connectivity index (χ1v) is 7.75. The fourth-order valence-electron chi connectivity index (χ4n) is 3.02. The molecular weight excluding hydrogens is 252 g/mol. The molecule has 0 radical (unpaired) electrons. The average molecular weight is 284 g/mol. The van der Waals surface area contributed by atoms with Crippen LogP contribution in [0.4, 0.5) is 0 Å². The molecule has 20 heavy (non-hydrogen) atoms. The summed E-state index contributed by atoms with van der Waals surface area (Å²) in [6, 6.07) is 0.777. The summed E-state index contributed by atoms with van der Waals surface area (Å²) >= 11 is 0. The molecule has 5 nitrogen and oxygen atoms in total. The van der Waals surface area contributed by atoms with Crippen LogP contribution in [0.15, 0.2) is 0 Å². The molecule has 3 N–H and O–H groups in total. The van der Waals surface area contributed by atoms with Gasteiger partial charge in [-0.2, -0.15) is 0 Å². The smallest absolute Gasteiger partial charge is 0.237 e. The Bertz CT molecular complexity index is 321. The molecule has 2 unspecified atom stereocenters. The van der Waals surface area contributed by atoms with Gasteiger partial charge in [-0.1, -0.05) is 0 Å². The minimum Gasteiger partial charge on any atom is -0.368 e. The van der Waals surface area contributed by atoms with E-state index in [4.69, 9.17) is 5.73 Å². The Balaban J connectivity index is 2.60. The van der Waals surface area contributed by atoms with Gasteiger partial charge in [0.05, 0.1) is 5.54 Å². The molecule has 1 saturated heterocycles. The Labute approximate surface area is 123 Å². The van der Waals surface area contributed by atoms with Crippen LogP contribution in [0.2, 0.25) is 0 Å². The van der Waals surface area contributed by atoms with Crippen LogP contribution in [-0.2, 0) is 4.79 Å². The Morgan fingerprint density at radius 3 is 2.65 bits per heavy atom. The summed E-state index contributed by atoms with van der Waals surface area (Å²) in [6.07, 6.45) is 1.94. The summed E-state index contributed by atoms with van der Waals surface area (Å²) in [5, 5.41) is 3.32. The molecule has 1 heterocycles. The van der Waals surface area contributed by atoms with E-state index < -0.39 is 5.54 Å². The summed E-state index contributed by atoms with van der Waals surface area (Å²) in [7, 11) is 2.17. The molecule has 1 fully saturated rings. The van der Waals surface area contributed by atoms with Gasteiger partial charge < -0.3 is 16.0 Å². The van der Waals surface area contributed by atoms with Gasteiger partial charge in [-0.15, -0.1) is 0 Å². The monoisotopic (exact) mass is 284 g/mol. The van der Waals surface area contributed by atoms with Crippen LogP contribution < -0.4 is 11.1 Å². The van der Waals surface area contributed by atoms with E-state index in [2.05, 4.69) is 29.1 Å². The standard InChI is InChI=1S/C15H32N4O/c1-12(2)17-15(4,14(16)20)7-10-19-9-6-8-18(5)11-13(19)3/h12-13,17H,6-11H2,1-5H3,(H2,16,20). The summed E-state index contributed by atoms with van der Waals surface area (Å²) in [5.41, 5.74) is 4.98. The SMILES string of the molecule is CC(C)NC(C)(CCN1CCCN(C)CC1C)C(N)=O. The van der Waals surface area contributed by atoms with Gasteiger partial charge in [-0.05, 0) is 60.7 Å². The van der Waals surface area contributed by atoms with Crippen molar-refractivity contribution < 1.29 is 4.79 Å². The molecule has 1 aliphatic rings. The van der Waals surface area contributed by atoms with Crippen molar-refractivity contribution in [3.05, 3.63) is 0 Å². The van der Waals surface area contributed by atoms with E-state index in [0.717, 1.165) is 32.6 Å². The molecule has 1 aliphatic heterocycles. The number of rotatable bonds is 6. The van der Waals surface area contributed by atoms with Crippen LogP contribution in [0.5, 0.6) is 0 Å². The summed E-state index contributed by atoms with van der Waals surface area (Å²) < 4.78 is 0. The number of nitrogens with one attached hydrogen (secondary N) is 1. The third-order valence-corrected chi connectivity index (χ3v) is 4.23. The van der Waals surface area contributed by atoms with Gasteiger partial charge in [0, 0.05) is 25.2 Å². The van der Waals surface area contributed by atoms with Crippen LogP contribution >= 0.6 is 0 Å². The first-order valence-electron chi connectivity index (χ1n) is 7.75. The highest BCUT2D eigenvalue weighted by Crippen LogP contribution is 2.15. The van der Waals surface area contributed by atoms with Gasteiger partial charge in [0.2, 0.25) is 5.91 Å². The molecule has 5 heteroatoms. The lowest BCUT2D eigenvalue weighted by molar-refractivity contribution is -0.124. The largest absolute Gasteiger partial charge is 0.368 e. The van der Waals surface area contributed by atoms with Crippen molar-refractivity contribution in [2.45, 2.75) is 58.2 Å². The lowest BCUT2D eigenvalue weighted by Crippen LogP contribution is -2.57. The van der Waals surface area contributed by atoms with Gasteiger partial charge in [-0.25, -0.2) is 0 Å². The summed E-state index contributed by atoms with van der Waals surface area (Å²) in [6.45, 7) is 12.5. The van der Waals surface area contributed by atoms with E-state index in [9.17, 15) is 4.79 Å². The van der Waals surface area contributed by atoms with E-state index >= 15 is 0 Å². The molecule has 0 aromatic rings. The Kier molecular flexibility index (Phi) is 6.43. The van der Waals surface area contributed by atoms with Crippen LogP contribution in [0.3, 0.4) is 0 Å². The average Bonchev–Trinajstić information content (AvgIpc) is 2.46. The van der Waals surface area contributed by atoms with Crippen molar-refractivity contribution in [2.75, 3.05) is 33.2 Å². The number of likely N-dealkylation sites (N-methyl/N-ethyl adjacent to an activating group) is 1. The molecule has 0 aromatic heterocycles. The van der Waals surface area contributed by atoms with Crippen molar-refractivity contribution in [3.63, 3.8) is 0 Å². The first-order chi connectivity index (χ1) is 9.24. The molecule has 0 bridgehead atoms. The molecule has 0 spiro atoms. The number of hydrogen-bond donors (Lipinski definition) is 2. The second-order valence-corrected chi connectivity index (χ2v) is 6.75. The van der Waals surface area contributed by atoms with Gasteiger partial charge in [0.15, 0.2) is 0 Å². The van der Waals surface area contributed by atoms with Crippen molar-refractivity contribution in [1.29, 1.82) is 0 Å². The second kappa shape index (κ2) is 7.38. The first kappa shape index (κ1) is 17.4. The van der Waals surface area contributed by atoms with E-state index in [0.29, 0.717) is 6.04 Å². The highest BCUT2D eigenvalue weighted by Gasteiger charge is 2.32. The van der Waals surface area contributed by atoms with Gasteiger partial charge in [0.25, 0.3) is 0 Å². The normalized spacial score (nSPS) is 25.4. The molecule has 0 aromatic carbocycles. The molecule has 1 amide bonds. The predicted molar refractivity (Wildman–Crippen MR) is 83.6 cm³/mol. The van der Waals surface area contributed by atoms with Crippen LogP contribution in [-0.4, -0.2) is 66.6 Å². The molecule has 0 aliphatic carbocycles. The number of nitrogens with zero attached hydrogens (tertiary/aromatic N) is 2. The maximum atomic E-state index is 11.8. The predicted octanol–water partition coefficient (Wildman–Crippen LogP) is 0.645. The Morgan fingerprint density at radius 1 is 1.45 bits per heavy atom. The molecular formula is C15H32N4O. The zero-order valence-electron chi connectivity index (χ0n) is 13.8. The Hall–Kier alpha value is -0.650. The lowest BCUT2D eigenvalue weighted by Gasteiger charge is -2.34. The van der Waals surface area contributed by atoms with Gasteiger partial charge in [-0.3, -0.25) is 9.69 Å². The Morgan fingerprint density at radius 2 is 2.10 bits per heavy atom. The van der Waals surface area contributed by atoms with Crippen LogP contribution in [0, 0.1) is 0 Å². The van der Waals surface area contributed by atoms with E-state index in [1.807, 2.05) is 20.8 Å². The van der Waals surface area contributed by atoms with Crippen LogP contribution in [0.25, 0.3) is 0 Å². The quantitative estimate of drug-likeness (QED) is 0.751. The zero-order chi connectivity index (χ0) is 15.3. The topological polar surface area (TPSA) is 61.6 Å². The second-order valence-electron chi connectivity index (χ2n) is 6.75. The van der Waals surface area contributed by atoms with E-state index in [1.165, 1.54) is 6.42 Å². The number of primary amides is 1. The zero-order valence-corrected chi connectivity index (χ0v) is 13.8. The van der Waals surface area contributed by atoms with E-state index in [-0.39, 0.29) is 11.9 Å². The number of nitrogens with two attached hydrogens (primary N) is 1. The van der Waals surface area contributed by atoms with Crippen molar-refractivity contribution in [1.82, 2.24) is 15.1 Å². The maximum Gasteiger partial charge on any atom is 0.237 e. The summed E-state index contributed by atoms with van der Waals surface area (Å²) in [4.78, 5) is 16.6. The lowest BCUT2D eigenvalue weighted by atomic mass is 9.95. The van der Waals surface area contributed by atoms with Crippen LogP contribution in [0.1, 0.15) is 40.5 Å². The molecule has 118 valence electrons. The molecule has 0 saturated carbocycles. The van der Waals surface area contributed by atoms with Crippen molar-refractivity contribution in [3.8, 4) is 0 Å². The van der Waals surface area contributed by atoms with E-state index in [1.54, 1.807) is 0 Å². The number of hydrogen-bond acceptors (Lipinski definition) is 4. The number of carbonyl (C=O) groups excluding carboxylic acids is 1. The number of carbonyl (C=O) groups is 1. The third kappa shape index (κ3) is 5.04. The highest BCUT2D eigenvalue weighted by atomic mass is 16.1. The fourth-order valence-corrected chi connectivity index (χ4v) is 3.02. The van der Waals surface area contributed by atoms with Gasteiger partial charge >= 0.3 is 0 Å². The number of amides is 1. The minimum atomic E-state index is -0.619. The van der Waals surface area contributed by atoms with Crippen molar-refractivity contribution in [2.24, 2.45) is 5.73 Å². The van der Waals surface area contributed by atoms with Crippen molar-refractivity contribution >= 4 is 5.91 Å². The van der Waals surface area contributed by atoms with Gasteiger partial charge in [0.1, 0.15) is 0 Å². The minimum absolute atomic E-state index is 0.250. The highest BCUT2D eigenvalue weighted by molar-refractivity contribution is 5.84. The molecule has 2 atom stereocenters. The third-order valence-electron chi connectivity index (χ3n) is 4.23. The molecule has 1 rings (SSSR count).